The van der Waals surface area contributed by atoms with Crippen LogP contribution in [0.3, 0.4) is 0 Å². The van der Waals surface area contributed by atoms with E-state index in [1.165, 1.54) is 4.90 Å². The summed E-state index contributed by atoms with van der Waals surface area (Å²) < 4.78 is 16.6. The van der Waals surface area contributed by atoms with E-state index < -0.39 is 30.3 Å². The van der Waals surface area contributed by atoms with E-state index in [2.05, 4.69) is 29.6 Å². The second-order valence-electron chi connectivity index (χ2n) is 9.01. The Morgan fingerprint density at radius 1 is 1.03 bits per heavy atom. The van der Waals surface area contributed by atoms with Gasteiger partial charge in [0.05, 0.1) is 31.7 Å². The second-order valence-corrected chi connectivity index (χ2v) is 9.01. The summed E-state index contributed by atoms with van der Waals surface area (Å²) in [6, 6.07) is 15.1. The third-order valence-electron chi connectivity index (χ3n) is 6.90. The zero-order chi connectivity index (χ0) is 24.4. The van der Waals surface area contributed by atoms with Crippen LogP contribution in [0.4, 0.5) is 4.79 Å². The molecule has 3 atom stereocenters. The third kappa shape index (κ3) is 4.74. The lowest BCUT2D eigenvalue weighted by Crippen LogP contribution is -2.56. The molecule has 2 aromatic carbocycles. The van der Waals surface area contributed by atoms with Crippen molar-refractivity contribution in [3.63, 3.8) is 0 Å². The molecule has 0 spiro atoms. The Bertz CT molecular complexity index is 1070. The molecule has 2 amide bonds. The number of hydrogen-bond acceptors (Lipinski definition) is 6. The Morgan fingerprint density at radius 2 is 1.71 bits per heavy atom. The standard InChI is InChI=1S/C26H28N2O7/c29-23(30)13-16-14-33-12-10-28(16)25(31)24-22(9-11-34-24)27-26(32)35-15-21-19-7-3-1-5-17(19)18-6-2-4-8-20(18)21/h1-8,16,21-22,24H,9-15H2,(H,27,32)(H,29,30)/t16?,22-,24+/m0/s1. The molecule has 5 rings (SSSR count). The summed E-state index contributed by atoms with van der Waals surface area (Å²) in [7, 11) is 0. The van der Waals surface area contributed by atoms with Gasteiger partial charge in [-0.3, -0.25) is 9.59 Å². The number of carboxylic acids is 1. The highest BCUT2D eigenvalue weighted by molar-refractivity contribution is 5.84. The number of carboxylic acid groups (broad SMARTS) is 1. The summed E-state index contributed by atoms with van der Waals surface area (Å²) in [5.41, 5.74) is 4.54. The van der Waals surface area contributed by atoms with E-state index in [0.717, 1.165) is 22.3 Å². The van der Waals surface area contributed by atoms with Gasteiger partial charge < -0.3 is 29.5 Å². The fraction of sp³-hybridized carbons (Fsp3) is 0.423. The number of carbonyl (C=O) groups is 3. The first-order valence-electron chi connectivity index (χ1n) is 11.9. The predicted molar refractivity (Wildman–Crippen MR) is 125 cm³/mol. The van der Waals surface area contributed by atoms with Crippen LogP contribution < -0.4 is 5.32 Å². The van der Waals surface area contributed by atoms with E-state index in [1.807, 2.05) is 24.3 Å². The Kier molecular flexibility index (Phi) is 6.70. The molecule has 9 nitrogen and oxygen atoms in total. The lowest BCUT2D eigenvalue weighted by atomic mass is 9.98. The molecule has 2 fully saturated rings. The first-order valence-corrected chi connectivity index (χ1v) is 11.9. The van der Waals surface area contributed by atoms with Gasteiger partial charge in [0.2, 0.25) is 0 Å². The molecule has 0 saturated carbocycles. The van der Waals surface area contributed by atoms with Crippen molar-refractivity contribution in [3.05, 3.63) is 59.7 Å². The molecule has 35 heavy (non-hydrogen) atoms. The number of fused-ring (bicyclic) bond motifs is 3. The lowest BCUT2D eigenvalue weighted by molar-refractivity contribution is -0.153. The molecule has 3 aliphatic rings. The molecule has 0 aromatic heterocycles. The number of ether oxygens (including phenoxy) is 3. The SMILES string of the molecule is O=C(O)CC1COCCN1C(=O)[C@@H]1OCC[C@@H]1NC(=O)OCC1c2ccccc2-c2ccccc21. The molecule has 1 aliphatic carbocycles. The second kappa shape index (κ2) is 10.1. The Labute approximate surface area is 203 Å². The normalized spacial score (nSPS) is 23.4. The molecule has 2 aromatic rings. The van der Waals surface area contributed by atoms with Crippen molar-refractivity contribution in [1.29, 1.82) is 0 Å². The van der Waals surface area contributed by atoms with Crippen LogP contribution in [0.2, 0.25) is 0 Å². The van der Waals surface area contributed by atoms with Gasteiger partial charge in [0.25, 0.3) is 5.91 Å². The van der Waals surface area contributed by atoms with E-state index in [9.17, 15) is 19.5 Å². The number of hydrogen-bond donors (Lipinski definition) is 2. The number of morpholine rings is 1. The van der Waals surface area contributed by atoms with Crippen LogP contribution in [-0.4, -0.2) is 79.1 Å². The van der Waals surface area contributed by atoms with Crippen LogP contribution in [0.5, 0.6) is 0 Å². The molecule has 9 heteroatoms. The van der Waals surface area contributed by atoms with E-state index in [4.69, 9.17) is 14.2 Å². The van der Waals surface area contributed by atoms with E-state index in [0.29, 0.717) is 19.6 Å². The van der Waals surface area contributed by atoms with Crippen molar-refractivity contribution in [3.8, 4) is 11.1 Å². The number of nitrogens with zero attached hydrogens (tertiary/aromatic N) is 1. The summed E-state index contributed by atoms with van der Waals surface area (Å²) in [6.45, 7) is 1.28. The number of aliphatic carboxylic acids is 1. The first kappa shape index (κ1) is 23.3. The number of carbonyl (C=O) groups excluding carboxylic acids is 2. The van der Waals surface area contributed by atoms with Crippen LogP contribution >= 0.6 is 0 Å². The molecular weight excluding hydrogens is 452 g/mol. The molecular formula is C26H28N2O7. The quantitative estimate of drug-likeness (QED) is 0.653. The summed E-state index contributed by atoms with van der Waals surface area (Å²) in [4.78, 5) is 38.6. The minimum Gasteiger partial charge on any atom is -0.481 e. The smallest absolute Gasteiger partial charge is 0.407 e. The summed E-state index contributed by atoms with van der Waals surface area (Å²) in [5.74, 6) is -1.39. The minimum atomic E-state index is -1.00. The van der Waals surface area contributed by atoms with E-state index >= 15 is 0 Å². The average molecular weight is 481 g/mol. The first-order chi connectivity index (χ1) is 17.0. The van der Waals surface area contributed by atoms with Gasteiger partial charge in [0.15, 0.2) is 6.10 Å². The van der Waals surface area contributed by atoms with Crippen molar-refractivity contribution < 1.29 is 33.7 Å². The summed E-state index contributed by atoms with van der Waals surface area (Å²) in [6.07, 6.45) is -1.23. The van der Waals surface area contributed by atoms with Gasteiger partial charge in [0.1, 0.15) is 6.61 Å². The molecule has 1 unspecified atom stereocenters. The maximum absolute atomic E-state index is 13.2. The molecule has 2 N–H and O–H groups in total. The number of amides is 2. The maximum atomic E-state index is 13.2. The van der Waals surface area contributed by atoms with Crippen LogP contribution in [0, 0.1) is 0 Å². The fourth-order valence-corrected chi connectivity index (χ4v) is 5.25. The summed E-state index contributed by atoms with van der Waals surface area (Å²) in [5, 5.41) is 12.0. The molecule has 0 bridgehead atoms. The van der Waals surface area contributed by atoms with Gasteiger partial charge in [-0.15, -0.1) is 0 Å². The number of nitrogens with one attached hydrogen (secondary N) is 1. The Balaban J connectivity index is 1.22. The van der Waals surface area contributed by atoms with Crippen LogP contribution in [0.25, 0.3) is 11.1 Å². The van der Waals surface area contributed by atoms with Crippen molar-refractivity contribution in [2.75, 3.05) is 33.0 Å². The third-order valence-corrected chi connectivity index (χ3v) is 6.90. The topological polar surface area (TPSA) is 114 Å². The lowest BCUT2D eigenvalue weighted by Gasteiger charge is -2.37. The number of rotatable bonds is 6. The van der Waals surface area contributed by atoms with Gasteiger partial charge in [-0.05, 0) is 28.7 Å². The molecule has 2 heterocycles. The van der Waals surface area contributed by atoms with E-state index in [1.54, 1.807) is 0 Å². The molecule has 0 radical (unpaired) electrons. The van der Waals surface area contributed by atoms with Crippen LogP contribution in [0.15, 0.2) is 48.5 Å². The number of benzene rings is 2. The Hall–Kier alpha value is -3.43. The average Bonchev–Trinajstić information content (AvgIpc) is 3.45. The van der Waals surface area contributed by atoms with Gasteiger partial charge in [-0.1, -0.05) is 48.5 Å². The summed E-state index contributed by atoms with van der Waals surface area (Å²) >= 11 is 0. The van der Waals surface area contributed by atoms with Crippen LogP contribution in [0.1, 0.15) is 29.9 Å². The minimum absolute atomic E-state index is 0.0597. The fourth-order valence-electron chi connectivity index (χ4n) is 5.25. The molecule has 2 aliphatic heterocycles. The zero-order valence-corrected chi connectivity index (χ0v) is 19.2. The largest absolute Gasteiger partial charge is 0.481 e. The van der Waals surface area contributed by atoms with Gasteiger partial charge in [-0.2, -0.15) is 0 Å². The Morgan fingerprint density at radius 3 is 2.40 bits per heavy atom. The predicted octanol–water partition coefficient (Wildman–Crippen LogP) is 2.38. The van der Waals surface area contributed by atoms with Crippen molar-refractivity contribution in [2.45, 2.75) is 36.9 Å². The highest BCUT2D eigenvalue weighted by Crippen LogP contribution is 2.44. The van der Waals surface area contributed by atoms with E-state index in [-0.39, 0.29) is 38.0 Å². The van der Waals surface area contributed by atoms with Crippen LogP contribution in [-0.2, 0) is 23.8 Å². The van der Waals surface area contributed by atoms with Gasteiger partial charge in [0, 0.05) is 19.1 Å². The monoisotopic (exact) mass is 480 g/mol. The van der Waals surface area contributed by atoms with Gasteiger partial charge in [-0.25, -0.2) is 4.79 Å². The van der Waals surface area contributed by atoms with Gasteiger partial charge >= 0.3 is 12.1 Å². The highest BCUT2D eigenvalue weighted by atomic mass is 16.6. The molecule has 184 valence electrons. The molecule has 2 saturated heterocycles. The maximum Gasteiger partial charge on any atom is 0.407 e. The van der Waals surface area contributed by atoms with Crippen molar-refractivity contribution >= 4 is 18.0 Å². The van der Waals surface area contributed by atoms with Crippen molar-refractivity contribution in [1.82, 2.24) is 10.2 Å². The zero-order valence-electron chi connectivity index (χ0n) is 19.2. The highest BCUT2D eigenvalue weighted by Gasteiger charge is 2.41. The van der Waals surface area contributed by atoms with Crippen molar-refractivity contribution in [2.24, 2.45) is 0 Å². The number of alkyl carbamates (subject to hydrolysis) is 1.